The summed E-state index contributed by atoms with van der Waals surface area (Å²) in [5.74, 6) is -2.80. The molecule has 170 valence electrons. The average Bonchev–Trinajstić information content (AvgIpc) is 3.27. The molecule has 0 saturated carbocycles. The van der Waals surface area contributed by atoms with Gasteiger partial charge < -0.3 is 9.13 Å². The third kappa shape index (κ3) is 9.65. The monoisotopic (exact) mass is 476 g/mol. The Morgan fingerprint density at radius 3 is 1.93 bits per heavy atom. The highest BCUT2D eigenvalue weighted by Gasteiger charge is 2.12. The van der Waals surface area contributed by atoms with Gasteiger partial charge in [0.2, 0.25) is 0 Å². The van der Waals surface area contributed by atoms with Gasteiger partial charge in [0, 0.05) is 63.2 Å². The minimum Gasteiger partial charge on any atom is -0.329 e. The van der Waals surface area contributed by atoms with Gasteiger partial charge in [-0.3, -0.25) is 4.21 Å². The van der Waals surface area contributed by atoms with Gasteiger partial charge in [0.15, 0.2) is 22.0 Å². The zero-order valence-corrected chi connectivity index (χ0v) is 17.1. The van der Waals surface area contributed by atoms with E-state index in [-0.39, 0.29) is 30.5 Å². The van der Waals surface area contributed by atoms with Crippen molar-refractivity contribution >= 4 is 22.6 Å². The Kier molecular flexibility index (Phi) is 13.1. The van der Waals surface area contributed by atoms with E-state index in [1.54, 1.807) is 37.3 Å². The molecule has 2 heterocycles. The lowest BCUT2D eigenvalue weighted by atomic mass is 10.4. The van der Waals surface area contributed by atoms with Crippen LogP contribution in [0.15, 0.2) is 58.9 Å². The molecule has 0 spiro atoms. The van der Waals surface area contributed by atoms with Crippen LogP contribution in [-0.2, 0) is 24.9 Å². The van der Waals surface area contributed by atoms with Crippen LogP contribution in [0.4, 0.5) is 26.3 Å². The van der Waals surface area contributed by atoms with E-state index in [2.05, 4.69) is 9.97 Å². The molecule has 0 fully saturated rings. The fourth-order valence-electron chi connectivity index (χ4n) is 1.76. The van der Waals surface area contributed by atoms with Crippen molar-refractivity contribution in [1.29, 1.82) is 0 Å². The van der Waals surface area contributed by atoms with Crippen LogP contribution in [0.3, 0.4) is 0 Å². The van der Waals surface area contributed by atoms with Gasteiger partial charge >= 0.3 is 12.2 Å². The maximum absolute atomic E-state index is 12.4. The molecular weight excluding hydrogens is 454 g/mol. The van der Waals surface area contributed by atoms with E-state index in [9.17, 15) is 30.6 Å². The summed E-state index contributed by atoms with van der Waals surface area (Å²) >= 11 is 1.24. The second kappa shape index (κ2) is 14.1. The number of thioether (sulfide) groups is 1. The summed E-state index contributed by atoms with van der Waals surface area (Å²) in [6.45, 7) is 0. The van der Waals surface area contributed by atoms with Gasteiger partial charge in [0.25, 0.3) is 0 Å². The van der Waals surface area contributed by atoms with Gasteiger partial charge in [-0.1, -0.05) is 19.2 Å². The Labute approximate surface area is 177 Å². The Balaban J connectivity index is 0.000000544. The first-order valence-electron chi connectivity index (χ1n) is 7.98. The predicted molar refractivity (Wildman–Crippen MR) is 105 cm³/mol. The van der Waals surface area contributed by atoms with E-state index in [0.29, 0.717) is 5.16 Å². The minimum atomic E-state index is -2.35. The Morgan fingerprint density at radius 1 is 0.933 bits per heavy atom. The number of imidazole rings is 2. The van der Waals surface area contributed by atoms with E-state index < -0.39 is 41.0 Å². The Morgan fingerprint density at radius 2 is 1.47 bits per heavy atom. The van der Waals surface area contributed by atoms with Gasteiger partial charge in [-0.15, -0.1) is 0 Å². The lowest BCUT2D eigenvalue weighted by Crippen LogP contribution is -2.05. The lowest BCUT2D eigenvalue weighted by molar-refractivity contribution is 0.373. The third-order valence-electron chi connectivity index (χ3n) is 3.23. The number of aryl methyl sites for hydroxylation is 2. The molecule has 0 aliphatic rings. The van der Waals surface area contributed by atoms with Crippen LogP contribution < -0.4 is 0 Å². The molecule has 2 rings (SSSR count). The molecular formula is C17H22F6N4OS2. The summed E-state index contributed by atoms with van der Waals surface area (Å²) in [6, 6.07) is 0. The summed E-state index contributed by atoms with van der Waals surface area (Å²) < 4.78 is 86.1. The van der Waals surface area contributed by atoms with Crippen LogP contribution in [0.5, 0.6) is 0 Å². The van der Waals surface area contributed by atoms with E-state index in [4.69, 9.17) is 0 Å². The topological polar surface area (TPSA) is 52.7 Å². The van der Waals surface area contributed by atoms with Crippen molar-refractivity contribution in [3.63, 3.8) is 0 Å². The standard InChI is InChI=1S/C8H9F3N2OS.C8H9F3N2S.CH4/c1-13-4-3-12-8(13)15(14)5-2-6(9)7(10)11;1-13-4-3-12-8(13)14-5-2-6(9)7(10)11;/h3-4H,2,5H2,1H3;3-4H,2,5H2,1H3;1H4. The zero-order chi connectivity index (χ0) is 22.0. The van der Waals surface area contributed by atoms with Crippen LogP contribution in [0.2, 0.25) is 0 Å². The van der Waals surface area contributed by atoms with Crippen molar-refractivity contribution < 1.29 is 30.6 Å². The number of hydrogen-bond donors (Lipinski definition) is 0. The summed E-state index contributed by atoms with van der Waals surface area (Å²) in [5.41, 5.74) is 0. The molecule has 0 aliphatic carbocycles. The van der Waals surface area contributed by atoms with Gasteiger partial charge in [0.1, 0.15) is 0 Å². The molecule has 2 aromatic rings. The molecule has 0 N–H and O–H groups in total. The number of halogens is 6. The molecule has 1 unspecified atom stereocenters. The first-order chi connectivity index (χ1) is 13.6. The maximum atomic E-state index is 12.4. The summed E-state index contributed by atoms with van der Waals surface area (Å²) in [7, 11) is 1.86. The van der Waals surface area contributed by atoms with Gasteiger partial charge in [-0.2, -0.15) is 17.6 Å². The van der Waals surface area contributed by atoms with E-state index in [1.165, 1.54) is 22.5 Å². The van der Waals surface area contributed by atoms with Crippen molar-refractivity contribution in [2.75, 3.05) is 11.5 Å². The number of aromatic nitrogens is 4. The smallest absolute Gasteiger partial charge is 0.301 e. The van der Waals surface area contributed by atoms with Crippen molar-refractivity contribution in [2.24, 2.45) is 14.1 Å². The molecule has 0 bridgehead atoms. The summed E-state index contributed by atoms with van der Waals surface area (Å²) in [5, 5.41) is 0.944. The van der Waals surface area contributed by atoms with Crippen molar-refractivity contribution in [3.05, 3.63) is 48.6 Å². The fraction of sp³-hybridized carbons (Fsp3) is 0.412. The van der Waals surface area contributed by atoms with Crippen molar-refractivity contribution in [3.8, 4) is 0 Å². The van der Waals surface area contributed by atoms with Crippen LogP contribution in [0, 0.1) is 0 Å². The van der Waals surface area contributed by atoms with Gasteiger partial charge in [-0.05, 0) is 0 Å². The molecule has 1 atom stereocenters. The SMILES string of the molecule is C.Cn1ccnc1S(=O)CCC(F)=C(F)F.Cn1ccnc1SCCC(F)=C(F)F. The highest BCUT2D eigenvalue weighted by atomic mass is 32.2. The maximum Gasteiger partial charge on any atom is 0.301 e. The number of nitrogens with zero attached hydrogens (tertiary/aromatic N) is 4. The molecule has 13 heteroatoms. The molecule has 0 aliphatic heterocycles. The van der Waals surface area contributed by atoms with E-state index >= 15 is 0 Å². The van der Waals surface area contributed by atoms with Crippen LogP contribution in [0.1, 0.15) is 20.3 Å². The third-order valence-corrected chi connectivity index (χ3v) is 5.66. The normalized spacial score (nSPS) is 11.1. The molecule has 5 nitrogen and oxygen atoms in total. The Hall–Kier alpha value is -2.02. The summed E-state index contributed by atoms with van der Waals surface area (Å²) in [6.07, 6.45) is 0.970. The second-order valence-corrected chi connectivity index (χ2v) is 7.90. The molecule has 0 radical (unpaired) electrons. The largest absolute Gasteiger partial charge is 0.329 e. The quantitative estimate of drug-likeness (QED) is 0.367. The average molecular weight is 477 g/mol. The molecule has 0 saturated heterocycles. The van der Waals surface area contributed by atoms with Crippen molar-refractivity contribution in [1.82, 2.24) is 19.1 Å². The van der Waals surface area contributed by atoms with Crippen molar-refractivity contribution in [2.45, 2.75) is 30.6 Å². The highest BCUT2D eigenvalue weighted by Crippen LogP contribution is 2.20. The summed E-state index contributed by atoms with van der Waals surface area (Å²) in [4.78, 5) is 7.73. The lowest BCUT2D eigenvalue weighted by Gasteiger charge is -2.00. The second-order valence-electron chi connectivity index (χ2n) is 5.37. The highest BCUT2D eigenvalue weighted by molar-refractivity contribution is 7.99. The van der Waals surface area contributed by atoms with Crippen LogP contribution in [-0.4, -0.2) is 34.8 Å². The van der Waals surface area contributed by atoms with E-state index in [0.717, 1.165) is 0 Å². The van der Waals surface area contributed by atoms with Gasteiger partial charge in [-0.25, -0.2) is 18.7 Å². The van der Waals surface area contributed by atoms with Crippen LogP contribution >= 0.6 is 11.8 Å². The Bertz CT molecular complexity index is 873. The first kappa shape index (κ1) is 28.0. The first-order valence-corrected chi connectivity index (χ1v) is 10.3. The minimum absolute atomic E-state index is 0. The molecule has 0 amide bonds. The molecule has 2 aromatic heterocycles. The molecule has 30 heavy (non-hydrogen) atoms. The van der Waals surface area contributed by atoms with E-state index in [1.807, 2.05) is 0 Å². The predicted octanol–water partition coefficient (Wildman–Crippen LogP) is 5.61. The van der Waals surface area contributed by atoms with Crippen LogP contribution in [0.25, 0.3) is 0 Å². The molecule has 0 aromatic carbocycles. The van der Waals surface area contributed by atoms with Gasteiger partial charge in [0.05, 0.1) is 10.8 Å². The number of allylic oxidation sites excluding steroid dienone is 2. The number of hydrogen-bond acceptors (Lipinski definition) is 4. The fourth-order valence-corrected chi connectivity index (χ4v) is 3.73. The number of rotatable bonds is 8. The zero-order valence-electron chi connectivity index (χ0n) is 15.4.